The van der Waals surface area contributed by atoms with Crippen molar-refractivity contribution in [3.05, 3.63) is 0 Å². The van der Waals surface area contributed by atoms with Crippen LogP contribution >= 0.6 is 0 Å². The van der Waals surface area contributed by atoms with Crippen molar-refractivity contribution in [3.63, 3.8) is 0 Å². The van der Waals surface area contributed by atoms with Crippen molar-refractivity contribution in [1.82, 2.24) is 9.21 Å². The number of likely N-dealkylation sites (tertiary alicyclic amines) is 1. The quantitative estimate of drug-likeness (QED) is 0.794. The number of carbonyl (C=O) groups excluding carboxylic acids is 1. The fourth-order valence-electron chi connectivity index (χ4n) is 3.20. The van der Waals surface area contributed by atoms with Gasteiger partial charge in [0.25, 0.3) is 0 Å². The largest absolute Gasteiger partial charge is 0.481 e. The molecule has 1 N–H and O–H groups in total. The third-order valence-corrected chi connectivity index (χ3v) is 5.59. The zero-order valence-corrected chi connectivity index (χ0v) is 13.0. The molecule has 120 valence electrons. The van der Waals surface area contributed by atoms with Gasteiger partial charge in [-0.3, -0.25) is 9.59 Å². The summed E-state index contributed by atoms with van der Waals surface area (Å²) in [7, 11) is -3.35. The number of hydrogen-bond donors (Lipinski definition) is 1. The van der Waals surface area contributed by atoms with Crippen LogP contribution in [0.15, 0.2) is 0 Å². The summed E-state index contributed by atoms with van der Waals surface area (Å²) in [5.41, 5.74) is 0. The summed E-state index contributed by atoms with van der Waals surface area (Å²) in [6.07, 6.45) is 3.89. The van der Waals surface area contributed by atoms with Gasteiger partial charge < -0.3 is 10.0 Å². The molecule has 7 nitrogen and oxygen atoms in total. The highest BCUT2D eigenvalue weighted by atomic mass is 32.2. The fraction of sp³-hybridized carbons (Fsp3) is 0.846. The number of sulfonamides is 1. The second-order valence-corrected chi connectivity index (χ2v) is 7.83. The number of carboxylic acid groups (broad SMARTS) is 1. The molecule has 2 aliphatic heterocycles. The third-order valence-electron chi connectivity index (χ3n) is 4.30. The monoisotopic (exact) mass is 318 g/mol. The molecule has 0 saturated carbocycles. The minimum Gasteiger partial charge on any atom is -0.481 e. The zero-order valence-electron chi connectivity index (χ0n) is 12.2. The zero-order chi connectivity index (χ0) is 15.6. The van der Waals surface area contributed by atoms with Gasteiger partial charge in [0.2, 0.25) is 15.9 Å². The summed E-state index contributed by atoms with van der Waals surface area (Å²) in [5.74, 6) is -0.827. The van der Waals surface area contributed by atoms with Gasteiger partial charge in [-0.05, 0) is 31.6 Å². The van der Waals surface area contributed by atoms with Crippen LogP contribution in [0.25, 0.3) is 0 Å². The molecule has 8 heteroatoms. The Morgan fingerprint density at radius 1 is 1.14 bits per heavy atom. The Balaban J connectivity index is 1.94. The molecule has 0 aromatic heterocycles. The molecule has 2 saturated heterocycles. The van der Waals surface area contributed by atoms with E-state index < -0.39 is 22.0 Å². The van der Waals surface area contributed by atoms with E-state index >= 15 is 0 Å². The van der Waals surface area contributed by atoms with Gasteiger partial charge in [0, 0.05) is 26.1 Å². The van der Waals surface area contributed by atoms with Crippen LogP contribution in [0, 0.1) is 5.92 Å². The van der Waals surface area contributed by atoms with Gasteiger partial charge >= 0.3 is 5.97 Å². The molecule has 0 spiro atoms. The molecule has 0 radical (unpaired) electrons. The molecular formula is C13H22N2O5S. The number of aliphatic carboxylic acids is 1. The first kappa shape index (κ1) is 16.2. The summed E-state index contributed by atoms with van der Waals surface area (Å²) in [5, 5.41) is 8.78. The highest BCUT2D eigenvalue weighted by molar-refractivity contribution is 7.88. The van der Waals surface area contributed by atoms with Gasteiger partial charge in [0.15, 0.2) is 0 Å². The van der Waals surface area contributed by atoms with E-state index in [1.165, 1.54) is 4.31 Å². The molecule has 21 heavy (non-hydrogen) atoms. The third kappa shape index (κ3) is 3.94. The van der Waals surface area contributed by atoms with E-state index in [2.05, 4.69) is 0 Å². The van der Waals surface area contributed by atoms with Crippen LogP contribution in [0.4, 0.5) is 0 Å². The summed E-state index contributed by atoms with van der Waals surface area (Å²) in [6.45, 7) is 1.44. The van der Waals surface area contributed by atoms with Crippen molar-refractivity contribution in [1.29, 1.82) is 0 Å². The van der Waals surface area contributed by atoms with E-state index in [0.717, 1.165) is 6.26 Å². The van der Waals surface area contributed by atoms with E-state index in [1.54, 1.807) is 4.90 Å². The Morgan fingerprint density at radius 2 is 1.76 bits per heavy atom. The average molecular weight is 318 g/mol. The second kappa shape index (κ2) is 6.31. The van der Waals surface area contributed by atoms with Crippen molar-refractivity contribution in [3.8, 4) is 0 Å². The van der Waals surface area contributed by atoms with Gasteiger partial charge in [-0.1, -0.05) is 0 Å². The molecule has 2 fully saturated rings. The van der Waals surface area contributed by atoms with Gasteiger partial charge in [0.1, 0.15) is 6.04 Å². The number of hydrogen-bond acceptors (Lipinski definition) is 4. The van der Waals surface area contributed by atoms with Gasteiger partial charge in [-0.15, -0.1) is 0 Å². The first-order valence-electron chi connectivity index (χ1n) is 7.26. The number of nitrogens with zero attached hydrogens (tertiary/aromatic N) is 2. The predicted molar refractivity (Wildman–Crippen MR) is 76.1 cm³/mol. The number of rotatable bonds is 4. The predicted octanol–water partition coefficient (Wildman–Crippen LogP) is 0.124. The lowest BCUT2D eigenvalue weighted by atomic mass is 9.93. The van der Waals surface area contributed by atoms with E-state index in [1.807, 2.05) is 0 Å². The van der Waals surface area contributed by atoms with Crippen LogP contribution in [0.5, 0.6) is 0 Å². The molecule has 0 aromatic carbocycles. The van der Waals surface area contributed by atoms with Crippen molar-refractivity contribution in [2.75, 3.05) is 25.9 Å². The maximum atomic E-state index is 12.5. The molecule has 1 amide bonds. The first-order valence-corrected chi connectivity index (χ1v) is 9.11. The Bertz CT molecular complexity index is 511. The van der Waals surface area contributed by atoms with Gasteiger partial charge in [-0.25, -0.2) is 8.42 Å². The van der Waals surface area contributed by atoms with E-state index in [-0.39, 0.29) is 18.2 Å². The smallest absolute Gasteiger partial charge is 0.303 e. The second-order valence-electron chi connectivity index (χ2n) is 5.90. The maximum Gasteiger partial charge on any atom is 0.303 e. The first-order chi connectivity index (χ1) is 9.79. The van der Waals surface area contributed by atoms with Crippen molar-refractivity contribution in [2.24, 2.45) is 5.92 Å². The van der Waals surface area contributed by atoms with Gasteiger partial charge in [-0.2, -0.15) is 4.31 Å². The Kier molecular flexibility index (Phi) is 4.88. The molecule has 2 rings (SSSR count). The molecule has 1 atom stereocenters. The summed E-state index contributed by atoms with van der Waals surface area (Å²) in [6, 6.07) is -0.573. The molecule has 2 aliphatic rings. The lowest BCUT2D eigenvalue weighted by Crippen LogP contribution is -2.49. The minimum absolute atomic E-state index is 0.112. The van der Waals surface area contributed by atoms with Crippen LogP contribution in [-0.2, 0) is 19.6 Å². The van der Waals surface area contributed by atoms with Crippen LogP contribution in [-0.4, -0.2) is 66.5 Å². The number of carbonyl (C=O) groups is 2. The Hall–Kier alpha value is -1.15. The van der Waals surface area contributed by atoms with Crippen molar-refractivity contribution in [2.45, 2.75) is 38.1 Å². The molecule has 0 aliphatic carbocycles. The lowest BCUT2D eigenvalue weighted by molar-refractivity contribution is -0.139. The van der Waals surface area contributed by atoms with E-state index in [9.17, 15) is 18.0 Å². The highest BCUT2D eigenvalue weighted by Crippen LogP contribution is 2.26. The van der Waals surface area contributed by atoms with E-state index in [4.69, 9.17) is 5.11 Å². The molecule has 0 bridgehead atoms. The van der Waals surface area contributed by atoms with Gasteiger partial charge in [0.05, 0.1) is 6.26 Å². The lowest BCUT2D eigenvalue weighted by Gasteiger charge is -2.34. The topological polar surface area (TPSA) is 95.0 Å². The van der Waals surface area contributed by atoms with Crippen molar-refractivity contribution < 1.29 is 23.1 Å². The van der Waals surface area contributed by atoms with Crippen LogP contribution in [0.3, 0.4) is 0 Å². The number of carboxylic acids is 1. The number of amides is 1. The number of piperidine rings is 1. The highest BCUT2D eigenvalue weighted by Gasteiger charge is 2.39. The standard InChI is InChI=1S/C13H22N2O5S/c1-21(19,20)15-6-2-3-11(15)13(18)14-7-4-10(5-8-14)9-12(16)17/h10-11H,2-9H2,1H3,(H,16,17). The van der Waals surface area contributed by atoms with Crippen LogP contribution < -0.4 is 0 Å². The SMILES string of the molecule is CS(=O)(=O)N1CCCC1C(=O)N1CCC(CC(=O)O)CC1. The van der Waals surface area contributed by atoms with Crippen LogP contribution in [0.2, 0.25) is 0 Å². The molecule has 2 heterocycles. The summed E-state index contributed by atoms with van der Waals surface area (Å²) >= 11 is 0. The van der Waals surface area contributed by atoms with Crippen LogP contribution in [0.1, 0.15) is 32.1 Å². The Labute approximate surface area is 125 Å². The fourth-order valence-corrected chi connectivity index (χ4v) is 4.32. The Morgan fingerprint density at radius 3 is 2.29 bits per heavy atom. The van der Waals surface area contributed by atoms with Crippen molar-refractivity contribution >= 4 is 21.9 Å². The average Bonchev–Trinajstić information content (AvgIpc) is 2.87. The summed E-state index contributed by atoms with van der Waals surface area (Å²) < 4.78 is 24.7. The summed E-state index contributed by atoms with van der Waals surface area (Å²) in [4.78, 5) is 24.9. The minimum atomic E-state index is -3.35. The maximum absolute atomic E-state index is 12.5. The molecule has 1 unspecified atom stereocenters. The molecule has 0 aromatic rings. The normalized spacial score (nSPS) is 25.2. The van der Waals surface area contributed by atoms with E-state index in [0.29, 0.717) is 45.3 Å². The molecular weight excluding hydrogens is 296 g/mol.